The molecule has 4 rings (SSSR count). The van der Waals surface area contributed by atoms with Crippen LogP contribution in [0.2, 0.25) is 0 Å². The second-order valence-electron chi connectivity index (χ2n) is 7.25. The van der Waals surface area contributed by atoms with E-state index in [9.17, 15) is 9.59 Å². The number of nitrogens with one attached hydrogen (secondary N) is 1. The summed E-state index contributed by atoms with van der Waals surface area (Å²) < 4.78 is 0. The Morgan fingerprint density at radius 1 is 0.926 bits per heavy atom. The van der Waals surface area contributed by atoms with Crippen LogP contribution < -0.4 is 5.32 Å². The molecule has 140 valence electrons. The average Bonchev–Trinajstić information content (AvgIpc) is 2.68. The predicted molar refractivity (Wildman–Crippen MR) is 103 cm³/mol. The Bertz CT molecular complexity index is 797. The Balaban J connectivity index is 1.51. The van der Waals surface area contributed by atoms with Crippen LogP contribution >= 0.6 is 0 Å². The van der Waals surface area contributed by atoms with Gasteiger partial charge in [0.25, 0.3) is 5.91 Å². The predicted octanol–water partition coefficient (Wildman–Crippen LogP) is 2.40. The summed E-state index contributed by atoms with van der Waals surface area (Å²) in [5.74, 6) is 0.138. The number of likely N-dealkylation sites (tertiary alicyclic amines) is 2. The van der Waals surface area contributed by atoms with Crippen molar-refractivity contribution in [3.63, 3.8) is 0 Å². The van der Waals surface area contributed by atoms with Crippen molar-refractivity contribution in [1.29, 1.82) is 0 Å². The third kappa shape index (κ3) is 3.52. The lowest BCUT2D eigenvalue weighted by Crippen LogP contribution is -2.62. The van der Waals surface area contributed by atoms with Crippen LogP contribution in [0.3, 0.4) is 0 Å². The molecule has 27 heavy (non-hydrogen) atoms. The number of carbonyl (C=O) groups excluding carboxylic acids is 2. The van der Waals surface area contributed by atoms with Gasteiger partial charge in [0.05, 0.1) is 5.56 Å². The molecule has 2 aliphatic rings. The number of hydrogen-bond acceptors (Lipinski definition) is 4. The summed E-state index contributed by atoms with van der Waals surface area (Å²) in [5, 5.41) is 3.50. The first-order valence-electron chi connectivity index (χ1n) is 9.50. The number of anilines is 1. The molecule has 2 saturated heterocycles. The Morgan fingerprint density at radius 2 is 1.67 bits per heavy atom. The monoisotopic (exact) mass is 364 g/mol. The summed E-state index contributed by atoms with van der Waals surface area (Å²) in [4.78, 5) is 33.7. The highest BCUT2D eigenvalue weighted by atomic mass is 16.2. The van der Waals surface area contributed by atoms with Crippen LogP contribution in [0.25, 0.3) is 0 Å². The summed E-state index contributed by atoms with van der Waals surface area (Å²) in [5.41, 5.74) is 0.890. The molecule has 0 spiro atoms. The Labute approximate surface area is 159 Å². The van der Waals surface area contributed by atoms with Gasteiger partial charge >= 0.3 is 0 Å². The third-order valence-electron chi connectivity index (χ3n) is 5.52. The molecule has 1 aromatic heterocycles. The standard InChI is InChI=1S/C21H24N4O2/c26-19(17-6-4-11-22-16-17)24-14-9-21(10-15-24,20(27)25-12-5-13-25)23-18-7-2-1-3-8-18/h1-4,6-8,11,16,23H,5,9-10,12-15H2. The van der Waals surface area contributed by atoms with Crippen LogP contribution in [0.1, 0.15) is 29.6 Å². The van der Waals surface area contributed by atoms with Crippen molar-refractivity contribution in [2.75, 3.05) is 31.5 Å². The SMILES string of the molecule is O=C(c1cccnc1)N1CCC(Nc2ccccc2)(C(=O)N2CCC2)CC1. The van der Waals surface area contributed by atoms with Crippen molar-refractivity contribution in [1.82, 2.24) is 14.8 Å². The van der Waals surface area contributed by atoms with Gasteiger partial charge in [-0.25, -0.2) is 0 Å². The fourth-order valence-electron chi connectivity index (χ4n) is 3.78. The molecule has 1 N–H and O–H groups in total. The first-order valence-corrected chi connectivity index (χ1v) is 9.50. The molecule has 2 aromatic rings. The molecule has 0 unspecified atom stereocenters. The van der Waals surface area contributed by atoms with E-state index in [2.05, 4.69) is 10.3 Å². The summed E-state index contributed by atoms with van der Waals surface area (Å²) in [6.45, 7) is 2.76. The molecule has 0 atom stereocenters. The minimum atomic E-state index is -0.645. The van der Waals surface area contributed by atoms with E-state index in [0.29, 0.717) is 31.5 Å². The molecule has 0 aliphatic carbocycles. The zero-order valence-corrected chi connectivity index (χ0v) is 15.3. The maximum absolute atomic E-state index is 13.2. The lowest BCUT2D eigenvalue weighted by atomic mass is 9.84. The molecular weight excluding hydrogens is 340 g/mol. The summed E-state index contributed by atoms with van der Waals surface area (Å²) in [6.07, 6.45) is 5.52. The highest BCUT2D eigenvalue weighted by Crippen LogP contribution is 2.31. The fourth-order valence-corrected chi connectivity index (χ4v) is 3.78. The smallest absolute Gasteiger partial charge is 0.255 e. The van der Waals surface area contributed by atoms with Gasteiger partial charge in [-0.3, -0.25) is 14.6 Å². The van der Waals surface area contributed by atoms with Crippen LogP contribution in [-0.2, 0) is 4.79 Å². The maximum atomic E-state index is 13.2. The molecular formula is C21H24N4O2. The van der Waals surface area contributed by atoms with Gasteiger partial charge < -0.3 is 15.1 Å². The molecule has 2 amide bonds. The van der Waals surface area contributed by atoms with E-state index in [1.807, 2.05) is 40.1 Å². The van der Waals surface area contributed by atoms with E-state index in [1.165, 1.54) is 0 Å². The van der Waals surface area contributed by atoms with Crippen LogP contribution in [0, 0.1) is 0 Å². The van der Waals surface area contributed by atoms with E-state index in [0.717, 1.165) is 25.2 Å². The van der Waals surface area contributed by atoms with Crippen LogP contribution in [-0.4, -0.2) is 58.3 Å². The number of rotatable bonds is 4. The number of amides is 2. The van der Waals surface area contributed by atoms with Crippen molar-refractivity contribution < 1.29 is 9.59 Å². The van der Waals surface area contributed by atoms with E-state index >= 15 is 0 Å². The first kappa shape index (κ1) is 17.5. The second-order valence-corrected chi connectivity index (χ2v) is 7.25. The van der Waals surface area contributed by atoms with Gasteiger partial charge in [-0.05, 0) is 43.5 Å². The number of aromatic nitrogens is 1. The number of benzene rings is 1. The zero-order valence-electron chi connectivity index (χ0n) is 15.3. The topological polar surface area (TPSA) is 65.5 Å². The quantitative estimate of drug-likeness (QED) is 0.905. The maximum Gasteiger partial charge on any atom is 0.255 e. The molecule has 1 aromatic carbocycles. The van der Waals surface area contributed by atoms with Gasteiger partial charge in [0.15, 0.2) is 0 Å². The number of hydrogen-bond donors (Lipinski definition) is 1. The Hall–Kier alpha value is -2.89. The van der Waals surface area contributed by atoms with Crippen LogP contribution in [0.5, 0.6) is 0 Å². The summed E-state index contributed by atoms with van der Waals surface area (Å²) in [6, 6.07) is 13.4. The molecule has 6 nitrogen and oxygen atoms in total. The number of carbonyl (C=O) groups is 2. The minimum absolute atomic E-state index is 0.0205. The fraction of sp³-hybridized carbons (Fsp3) is 0.381. The van der Waals surface area contributed by atoms with Crippen molar-refractivity contribution in [2.24, 2.45) is 0 Å². The van der Waals surface area contributed by atoms with Crippen LogP contribution in [0.4, 0.5) is 5.69 Å². The van der Waals surface area contributed by atoms with Crippen molar-refractivity contribution in [3.05, 3.63) is 60.4 Å². The third-order valence-corrected chi connectivity index (χ3v) is 5.52. The lowest BCUT2D eigenvalue weighted by Gasteiger charge is -2.46. The van der Waals surface area contributed by atoms with Gasteiger partial charge in [-0.1, -0.05) is 18.2 Å². The number of nitrogens with zero attached hydrogens (tertiary/aromatic N) is 3. The number of para-hydroxylation sites is 1. The van der Waals surface area contributed by atoms with E-state index in [-0.39, 0.29) is 11.8 Å². The van der Waals surface area contributed by atoms with Gasteiger partial charge in [0.2, 0.25) is 5.91 Å². The molecule has 2 aliphatic heterocycles. The van der Waals surface area contributed by atoms with Crippen molar-refractivity contribution >= 4 is 17.5 Å². The normalized spacial score (nSPS) is 18.5. The van der Waals surface area contributed by atoms with E-state index in [1.54, 1.807) is 24.5 Å². The van der Waals surface area contributed by atoms with Gasteiger partial charge in [-0.2, -0.15) is 0 Å². The molecule has 6 heteroatoms. The zero-order chi connectivity index (χ0) is 18.7. The Kier molecular flexibility index (Phi) is 4.79. The molecule has 0 saturated carbocycles. The van der Waals surface area contributed by atoms with E-state index < -0.39 is 5.54 Å². The van der Waals surface area contributed by atoms with Gasteiger partial charge in [0.1, 0.15) is 5.54 Å². The molecule has 0 radical (unpaired) electrons. The minimum Gasteiger partial charge on any atom is -0.371 e. The molecule has 3 heterocycles. The largest absolute Gasteiger partial charge is 0.371 e. The van der Waals surface area contributed by atoms with Gasteiger partial charge in [-0.15, -0.1) is 0 Å². The van der Waals surface area contributed by atoms with E-state index in [4.69, 9.17) is 0 Å². The van der Waals surface area contributed by atoms with Crippen molar-refractivity contribution in [2.45, 2.75) is 24.8 Å². The second kappa shape index (κ2) is 7.39. The highest BCUT2D eigenvalue weighted by Gasteiger charge is 2.45. The molecule has 2 fully saturated rings. The summed E-state index contributed by atoms with van der Waals surface area (Å²) >= 11 is 0. The Morgan fingerprint density at radius 3 is 2.26 bits per heavy atom. The average molecular weight is 364 g/mol. The van der Waals surface area contributed by atoms with Crippen molar-refractivity contribution in [3.8, 4) is 0 Å². The highest BCUT2D eigenvalue weighted by molar-refractivity contribution is 5.95. The first-order chi connectivity index (χ1) is 13.2. The lowest BCUT2D eigenvalue weighted by molar-refractivity contribution is -0.141. The van der Waals surface area contributed by atoms with Crippen LogP contribution in [0.15, 0.2) is 54.9 Å². The summed E-state index contributed by atoms with van der Waals surface area (Å²) in [7, 11) is 0. The molecule has 0 bridgehead atoms. The number of pyridine rings is 1. The number of piperidine rings is 1. The van der Waals surface area contributed by atoms with Gasteiger partial charge in [0, 0.05) is 44.3 Å².